The van der Waals surface area contributed by atoms with Gasteiger partial charge in [0.05, 0.1) is 0 Å². The van der Waals surface area contributed by atoms with Crippen LogP contribution in [0.25, 0.3) is 0 Å². The zero-order valence-electron chi connectivity index (χ0n) is 11.8. The molecule has 0 saturated heterocycles. The average molecular weight is 228 g/mol. The van der Waals surface area contributed by atoms with E-state index in [1.807, 2.05) is 0 Å². The molecule has 0 bridgehead atoms. The van der Waals surface area contributed by atoms with Crippen molar-refractivity contribution < 1.29 is 0 Å². The van der Waals surface area contributed by atoms with Crippen LogP contribution in [0.2, 0.25) is 0 Å². The SMILES string of the molecule is CCCCCNC(C)CCNC(C)CCC. The van der Waals surface area contributed by atoms with Gasteiger partial charge in [0.15, 0.2) is 0 Å². The van der Waals surface area contributed by atoms with Gasteiger partial charge in [0, 0.05) is 12.1 Å². The van der Waals surface area contributed by atoms with Gasteiger partial charge in [-0.3, -0.25) is 0 Å². The smallest absolute Gasteiger partial charge is 0.00508 e. The summed E-state index contributed by atoms with van der Waals surface area (Å²) in [7, 11) is 0. The minimum Gasteiger partial charge on any atom is -0.314 e. The molecule has 16 heavy (non-hydrogen) atoms. The quantitative estimate of drug-likeness (QED) is 0.530. The second-order valence-corrected chi connectivity index (χ2v) is 4.99. The predicted molar refractivity (Wildman–Crippen MR) is 74.0 cm³/mol. The van der Waals surface area contributed by atoms with Gasteiger partial charge in [0.2, 0.25) is 0 Å². The second kappa shape index (κ2) is 11.4. The third-order valence-corrected chi connectivity index (χ3v) is 3.06. The molecule has 0 aromatic carbocycles. The molecule has 0 saturated carbocycles. The van der Waals surface area contributed by atoms with Crippen molar-refractivity contribution in [1.29, 1.82) is 0 Å². The fourth-order valence-electron chi connectivity index (χ4n) is 1.91. The molecule has 0 amide bonds. The van der Waals surface area contributed by atoms with E-state index >= 15 is 0 Å². The maximum absolute atomic E-state index is 3.58. The van der Waals surface area contributed by atoms with Gasteiger partial charge in [-0.1, -0.05) is 33.1 Å². The number of hydrogen-bond acceptors (Lipinski definition) is 2. The molecular formula is C14H32N2. The zero-order valence-corrected chi connectivity index (χ0v) is 11.8. The minimum atomic E-state index is 0.651. The summed E-state index contributed by atoms with van der Waals surface area (Å²) in [6, 6.07) is 1.33. The Morgan fingerprint density at radius 1 is 0.750 bits per heavy atom. The molecule has 2 heteroatoms. The molecule has 0 aromatic heterocycles. The molecule has 0 aromatic rings. The molecule has 98 valence electrons. The third kappa shape index (κ3) is 10.4. The molecule has 0 fully saturated rings. The molecule has 2 unspecified atom stereocenters. The normalized spacial score (nSPS) is 15.0. The van der Waals surface area contributed by atoms with Crippen molar-refractivity contribution in [2.24, 2.45) is 0 Å². The first-order valence-electron chi connectivity index (χ1n) is 7.17. The van der Waals surface area contributed by atoms with Crippen molar-refractivity contribution in [2.45, 2.75) is 78.3 Å². The number of rotatable bonds is 11. The van der Waals surface area contributed by atoms with E-state index in [9.17, 15) is 0 Å². The van der Waals surface area contributed by atoms with Gasteiger partial charge >= 0.3 is 0 Å². The van der Waals surface area contributed by atoms with Crippen molar-refractivity contribution in [3.05, 3.63) is 0 Å². The highest BCUT2D eigenvalue weighted by Gasteiger charge is 2.02. The molecule has 2 atom stereocenters. The summed E-state index contributed by atoms with van der Waals surface area (Å²) in [4.78, 5) is 0. The predicted octanol–water partition coefficient (Wildman–Crippen LogP) is 3.32. The Bertz CT molecular complexity index is 137. The fourth-order valence-corrected chi connectivity index (χ4v) is 1.91. The van der Waals surface area contributed by atoms with Crippen molar-refractivity contribution in [1.82, 2.24) is 10.6 Å². The maximum atomic E-state index is 3.58. The van der Waals surface area contributed by atoms with Gasteiger partial charge < -0.3 is 10.6 Å². The van der Waals surface area contributed by atoms with Gasteiger partial charge in [-0.2, -0.15) is 0 Å². The van der Waals surface area contributed by atoms with Gasteiger partial charge in [-0.15, -0.1) is 0 Å². The number of unbranched alkanes of at least 4 members (excludes halogenated alkanes) is 2. The Morgan fingerprint density at radius 2 is 1.38 bits per heavy atom. The lowest BCUT2D eigenvalue weighted by Crippen LogP contribution is -2.33. The summed E-state index contributed by atoms with van der Waals surface area (Å²) < 4.78 is 0. The summed E-state index contributed by atoms with van der Waals surface area (Å²) in [6.45, 7) is 11.4. The van der Waals surface area contributed by atoms with Gasteiger partial charge in [0.1, 0.15) is 0 Å². The Morgan fingerprint density at radius 3 is 2.00 bits per heavy atom. The first-order chi connectivity index (χ1) is 7.70. The van der Waals surface area contributed by atoms with Crippen LogP contribution in [0, 0.1) is 0 Å². The first kappa shape index (κ1) is 15.9. The Kier molecular flexibility index (Phi) is 11.3. The number of nitrogens with one attached hydrogen (secondary N) is 2. The van der Waals surface area contributed by atoms with Crippen LogP contribution >= 0.6 is 0 Å². The highest BCUT2D eigenvalue weighted by atomic mass is 14.9. The van der Waals surface area contributed by atoms with E-state index in [2.05, 4.69) is 38.3 Å². The van der Waals surface area contributed by atoms with Crippen LogP contribution in [0.3, 0.4) is 0 Å². The Labute approximate surface area is 103 Å². The standard InChI is InChI=1S/C14H32N2/c1-5-7-8-11-15-14(4)10-12-16-13(3)9-6-2/h13-16H,5-12H2,1-4H3. The molecule has 0 aliphatic heterocycles. The van der Waals surface area contributed by atoms with Crippen LogP contribution in [-0.4, -0.2) is 25.2 Å². The maximum Gasteiger partial charge on any atom is 0.00508 e. The van der Waals surface area contributed by atoms with Crippen LogP contribution < -0.4 is 10.6 Å². The van der Waals surface area contributed by atoms with Crippen LogP contribution in [0.15, 0.2) is 0 Å². The molecule has 0 aliphatic carbocycles. The zero-order chi connectivity index (χ0) is 12.2. The number of hydrogen-bond donors (Lipinski definition) is 2. The Hall–Kier alpha value is -0.0800. The lowest BCUT2D eigenvalue weighted by Gasteiger charge is -2.17. The van der Waals surface area contributed by atoms with Crippen molar-refractivity contribution in [3.63, 3.8) is 0 Å². The summed E-state index contributed by atoms with van der Waals surface area (Å²) in [5, 5.41) is 7.16. The van der Waals surface area contributed by atoms with Crippen molar-refractivity contribution in [3.8, 4) is 0 Å². The highest BCUT2D eigenvalue weighted by molar-refractivity contribution is 4.65. The van der Waals surface area contributed by atoms with E-state index in [1.54, 1.807) is 0 Å². The first-order valence-corrected chi connectivity index (χ1v) is 7.17. The Balaban J connectivity index is 3.26. The lowest BCUT2D eigenvalue weighted by molar-refractivity contribution is 0.447. The molecule has 0 heterocycles. The van der Waals surface area contributed by atoms with E-state index in [4.69, 9.17) is 0 Å². The average Bonchev–Trinajstić information content (AvgIpc) is 2.25. The van der Waals surface area contributed by atoms with Crippen LogP contribution in [0.4, 0.5) is 0 Å². The lowest BCUT2D eigenvalue weighted by atomic mass is 10.1. The van der Waals surface area contributed by atoms with Gasteiger partial charge in [-0.25, -0.2) is 0 Å². The van der Waals surface area contributed by atoms with Crippen molar-refractivity contribution in [2.75, 3.05) is 13.1 Å². The highest BCUT2D eigenvalue weighted by Crippen LogP contribution is 1.97. The second-order valence-electron chi connectivity index (χ2n) is 4.99. The van der Waals surface area contributed by atoms with E-state index in [1.165, 1.54) is 45.1 Å². The van der Waals surface area contributed by atoms with Crippen LogP contribution in [-0.2, 0) is 0 Å². The van der Waals surface area contributed by atoms with Gasteiger partial charge in [-0.05, 0) is 46.2 Å². The van der Waals surface area contributed by atoms with Gasteiger partial charge in [0.25, 0.3) is 0 Å². The molecule has 0 radical (unpaired) electrons. The minimum absolute atomic E-state index is 0.651. The largest absolute Gasteiger partial charge is 0.314 e. The van der Waals surface area contributed by atoms with Crippen LogP contribution in [0.5, 0.6) is 0 Å². The fraction of sp³-hybridized carbons (Fsp3) is 1.00. The third-order valence-electron chi connectivity index (χ3n) is 3.06. The summed E-state index contributed by atoms with van der Waals surface area (Å²) in [5.74, 6) is 0. The van der Waals surface area contributed by atoms with E-state index in [-0.39, 0.29) is 0 Å². The molecule has 0 spiro atoms. The summed E-state index contributed by atoms with van der Waals surface area (Å²) in [5.41, 5.74) is 0. The molecule has 0 rings (SSSR count). The van der Waals surface area contributed by atoms with Crippen molar-refractivity contribution >= 4 is 0 Å². The molecule has 2 nitrogen and oxygen atoms in total. The van der Waals surface area contributed by atoms with E-state index < -0.39 is 0 Å². The molecule has 0 aliphatic rings. The molecular weight excluding hydrogens is 196 g/mol. The molecule has 2 N–H and O–H groups in total. The van der Waals surface area contributed by atoms with E-state index in [0.717, 1.165) is 6.54 Å². The van der Waals surface area contributed by atoms with E-state index in [0.29, 0.717) is 12.1 Å². The summed E-state index contributed by atoms with van der Waals surface area (Å²) >= 11 is 0. The topological polar surface area (TPSA) is 24.1 Å². The van der Waals surface area contributed by atoms with Crippen LogP contribution in [0.1, 0.15) is 66.2 Å². The summed E-state index contributed by atoms with van der Waals surface area (Å²) in [6.07, 6.45) is 7.79. The monoisotopic (exact) mass is 228 g/mol.